The van der Waals surface area contributed by atoms with E-state index in [0.717, 1.165) is 11.3 Å². The number of carbonyl (C=O) groups is 1. The number of para-hydroxylation sites is 2. The van der Waals surface area contributed by atoms with E-state index in [0.29, 0.717) is 16.5 Å². The Balaban J connectivity index is 1.54. The second-order valence-electron chi connectivity index (χ2n) is 5.43. The minimum absolute atomic E-state index is 0.103. The van der Waals surface area contributed by atoms with Gasteiger partial charge in [0.2, 0.25) is 0 Å². The molecule has 0 amide bonds. The van der Waals surface area contributed by atoms with Crippen LogP contribution in [0.2, 0.25) is 5.02 Å². The zero-order chi connectivity index (χ0) is 18.2. The van der Waals surface area contributed by atoms with Crippen molar-refractivity contribution in [1.29, 1.82) is 0 Å². The molecule has 0 aromatic heterocycles. The number of ether oxygens (including phenoxy) is 3. The van der Waals surface area contributed by atoms with Crippen molar-refractivity contribution in [2.45, 2.75) is 6.61 Å². The Morgan fingerprint density at radius 3 is 2.27 bits per heavy atom. The van der Waals surface area contributed by atoms with E-state index in [1.165, 1.54) is 0 Å². The van der Waals surface area contributed by atoms with Crippen molar-refractivity contribution >= 4 is 17.6 Å². The maximum Gasteiger partial charge on any atom is 0.344 e. The lowest BCUT2D eigenvalue weighted by Crippen LogP contribution is -2.14. The van der Waals surface area contributed by atoms with Crippen molar-refractivity contribution < 1.29 is 19.0 Å². The van der Waals surface area contributed by atoms with E-state index < -0.39 is 5.97 Å². The number of esters is 1. The molecule has 26 heavy (non-hydrogen) atoms. The lowest BCUT2D eigenvalue weighted by atomic mass is 10.2. The lowest BCUT2D eigenvalue weighted by molar-refractivity contribution is -0.147. The van der Waals surface area contributed by atoms with Crippen molar-refractivity contribution in [1.82, 2.24) is 0 Å². The Kier molecular flexibility index (Phi) is 6.12. The summed E-state index contributed by atoms with van der Waals surface area (Å²) in [7, 11) is 0. The maximum atomic E-state index is 11.9. The van der Waals surface area contributed by atoms with Gasteiger partial charge < -0.3 is 14.2 Å². The summed E-state index contributed by atoms with van der Waals surface area (Å²) in [4.78, 5) is 11.9. The van der Waals surface area contributed by atoms with Crippen LogP contribution < -0.4 is 9.47 Å². The van der Waals surface area contributed by atoms with Crippen molar-refractivity contribution in [3.63, 3.8) is 0 Å². The smallest absolute Gasteiger partial charge is 0.344 e. The normalized spacial score (nSPS) is 10.2. The van der Waals surface area contributed by atoms with Gasteiger partial charge in [0.05, 0.1) is 0 Å². The van der Waals surface area contributed by atoms with Crippen molar-refractivity contribution in [2.24, 2.45) is 0 Å². The number of hydrogen-bond acceptors (Lipinski definition) is 4. The van der Waals surface area contributed by atoms with Gasteiger partial charge in [0.1, 0.15) is 23.9 Å². The molecule has 0 heterocycles. The average Bonchev–Trinajstić information content (AvgIpc) is 2.68. The minimum atomic E-state index is -0.463. The molecule has 3 rings (SSSR count). The highest BCUT2D eigenvalue weighted by Crippen LogP contribution is 2.25. The van der Waals surface area contributed by atoms with E-state index in [9.17, 15) is 4.79 Å². The second-order valence-corrected chi connectivity index (χ2v) is 5.86. The number of benzene rings is 3. The fourth-order valence-electron chi connectivity index (χ4n) is 2.21. The van der Waals surface area contributed by atoms with E-state index in [4.69, 9.17) is 25.8 Å². The zero-order valence-electron chi connectivity index (χ0n) is 13.9. The van der Waals surface area contributed by atoms with Gasteiger partial charge in [0.15, 0.2) is 6.61 Å². The molecule has 0 aliphatic rings. The molecular weight excluding hydrogens is 352 g/mol. The van der Waals surface area contributed by atoms with Crippen molar-refractivity contribution in [3.8, 4) is 17.2 Å². The van der Waals surface area contributed by atoms with Crippen LogP contribution in [0.3, 0.4) is 0 Å². The van der Waals surface area contributed by atoms with Crippen LogP contribution in [-0.2, 0) is 16.1 Å². The summed E-state index contributed by atoms with van der Waals surface area (Å²) in [6.45, 7) is -0.0742. The third-order valence-electron chi connectivity index (χ3n) is 3.50. The molecule has 0 spiro atoms. The summed E-state index contributed by atoms with van der Waals surface area (Å²) in [5.41, 5.74) is 0.774. The van der Waals surface area contributed by atoms with Crippen LogP contribution in [0.15, 0.2) is 78.9 Å². The van der Waals surface area contributed by atoms with Crippen LogP contribution in [-0.4, -0.2) is 12.6 Å². The molecule has 4 nitrogen and oxygen atoms in total. The van der Waals surface area contributed by atoms with Gasteiger partial charge in [-0.3, -0.25) is 0 Å². The first kappa shape index (κ1) is 17.8. The van der Waals surface area contributed by atoms with Gasteiger partial charge in [0.25, 0.3) is 0 Å². The fourth-order valence-corrected chi connectivity index (χ4v) is 2.34. The van der Waals surface area contributed by atoms with Gasteiger partial charge in [-0.25, -0.2) is 4.79 Å². The van der Waals surface area contributed by atoms with E-state index in [1.54, 1.807) is 24.3 Å². The Morgan fingerprint density at radius 1 is 0.808 bits per heavy atom. The maximum absolute atomic E-state index is 11.9. The van der Waals surface area contributed by atoms with Gasteiger partial charge in [-0.15, -0.1) is 0 Å². The Bertz CT molecular complexity index is 847. The Morgan fingerprint density at radius 2 is 1.50 bits per heavy atom. The molecule has 0 radical (unpaired) electrons. The number of halogens is 1. The quantitative estimate of drug-likeness (QED) is 0.534. The highest BCUT2D eigenvalue weighted by Gasteiger charge is 2.09. The van der Waals surface area contributed by atoms with E-state index in [1.807, 2.05) is 54.6 Å². The first-order valence-corrected chi connectivity index (χ1v) is 8.43. The summed E-state index contributed by atoms with van der Waals surface area (Å²) in [6, 6.07) is 23.6. The summed E-state index contributed by atoms with van der Waals surface area (Å²) in [5, 5.41) is 0.606. The third-order valence-corrected chi connectivity index (χ3v) is 3.75. The van der Waals surface area contributed by atoms with Crippen LogP contribution in [0.5, 0.6) is 17.2 Å². The van der Waals surface area contributed by atoms with Gasteiger partial charge in [-0.2, -0.15) is 0 Å². The molecule has 0 N–H and O–H groups in total. The summed E-state index contributed by atoms with van der Waals surface area (Å²) >= 11 is 5.81. The molecule has 0 unspecified atom stereocenters. The Hall–Kier alpha value is -2.98. The van der Waals surface area contributed by atoms with Crippen molar-refractivity contribution in [2.75, 3.05) is 6.61 Å². The molecule has 3 aromatic carbocycles. The predicted molar refractivity (Wildman–Crippen MR) is 99.7 cm³/mol. The predicted octanol–water partition coefficient (Wildman–Crippen LogP) is 5.25. The van der Waals surface area contributed by atoms with Crippen LogP contribution in [0, 0.1) is 0 Å². The third kappa shape index (κ3) is 5.26. The molecule has 0 saturated carbocycles. The van der Waals surface area contributed by atoms with Crippen LogP contribution >= 0.6 is 11.6 Å². The highest BCUT2D eigenvalue weighted by molar-refractivity contribution is 6.30. The highest BCUT2D eigenvalue weighted by atomic mass is 35.5. The first-order chi connectivity index (χ1) is 12.7. The molecule has 3 aromatic rings. The van der Waals surface area contributed by atoms with Crippen LogP contribution in [0.1, 0.15) is 5.56 Å². The Labute approximate surface area is 156 Å². The van der Waals surface area contributed by atoms with Crippen LogP contribution in [0.4, 0.5) is 0 Å². The van der Waals surface area contributed by atoms with E-state index >= 15 is 0 Å². The molecule has 132 valence electrons. The molecule has 0 fully saturated rings. The average molecular weight is 369 g/mol. The van der Waals surface area contributed by atoms with Gasteiger partial charge in [-0.1, -0.05) is 48.0 Å². The monoisotopic (exact) mass is 368 g/mol. The van der Waals surface area contributed by atoms with E-state index in [-0.39, 0.29) is 13.2 Å². The van der Waals surface area contributed by atoms with Crippen molar-refractivity contribution in [3.05, 3.63) is 89.4 Å². The molecule has 0 aliphatic heterocycles. The number of rotatable bonds is 7. The topological polar surface area (TPSA) is 44.8 Å². The molecule has 0 bridgehead atoms. The SMILES string of the molecule is O=C(COc1ccc(Cl)cc1)OCc1ccccc1Oc1ccccc1. The first-order valence-electron chi connectivity index (χ1n) is 8.05. The molecule has 0 aliphatic carbocycles. The standard InChI is InChI=1S/C21H17ClO4/c22-17-10-12-18(13-11-17)24-15-21(23)25-14-16-6-4-5-9-20(16)26-19-7-2-1-3-8-19/h1-13H,14-15H2. The van der Waals surface area contributed by atoms with Gasteiger partial charge in [-0.05, 0) is 42.5 Å². The largest absolute Gasteiger partial charge is 0.482 e. The summed E-state index contributed by atoms with van der Waals surface area (Å²) in [6.07, 6.45) is 0. The summed E-state index contributed by atoms with van der Waals surface area (Å²) < 4.78 is 16.5. The van der Waals surface area contributed by atoms with Gasteiger partial charge >= 0.3 is 5.97 Å². The summed E-state index contributed by atoms with van der Waals surface area (Å²) in [5.74, 6) is 1.45. The molecule has 0 saturated heterocycles. The molecule has 5 heteroatoms. The second kappa shape index (κ2) is 8.92. The molecular formula is C21H17ClO4. The minimum Gasteiger partial charge on any atom is -0.482 e. The number of carbonyl (C=O) groups excluding carboxylic acids is 1. The zero-order valence-corrected chi connectivity index (χ0v) is 14.7. The van der Waals surface area contributed by atoms with Gasteiger partial charge in [0, 0.05) is 10.6 Å². The fraction of sp³-hybridized carbons (Fsp3) is 0.0952. The number of hydrogen-bond donors (Lipinski definition) is 0. The van der Waals surface area contributed by atoms with Crippen LogP contribution in [0.25, 0.3) is 0 Å². The van der Waals surface area contributed by atoms with E-state index in [2.05, 4.69) is 0 Å². The lowest BCUT2D eigenvalue weighted by Gasteiger charge is -2.12. The molecule has 0 atom stereocenters.